The maximum atomic E-state index is 13.2. The third-order valence-corrected chi connectivity index (χ3v) is 4.71. The average molecular weight is 337 g/mol. The lowest BCUT2D eigenvalue weighted by Crippen LogP contribution is -2.46. The molecule has 124 valence electrons. The lowest BCUT2D eigenvalue weighted by molar-refractivity contribution is -0.118. The van der Waals surface area contributed by atoms with Gasteiger partial charge in [0.1, 0.15) is 11.2 Å². The molecule has 2 aromatic heterocycles. The molecular formula is C16H11N5O4. The number of benzene rings is 1. The predicted molar refractivity (Wildman–Crippen MR) is 87.2 cm³/mol. The van der Waals surface area contributed by atoms with Gasteiger partial charge < -0.3 is 15.2 Å². The Morgan fingerprint density at radius 1 is 1.04 bits per heavy atom. The molecule has 1 spiro atoms. The highest BCUT2D eigenvalue weighted by Crippen LogP contribution is 2.53. The van der Waals surface area contributed by atoms with E-state index in [2.05, 4.69) is 25.8 Å². The van der Waals surface area contributed by atoms with E-state index in [4.69, 9.17) is 4.52 Å². The zero-order chi connectivity index (χ0) is 17.3. The lowest BCUT2D eigenvalue weighted by atomic mass is 9.69. The van der Waals surface area contributed by atoms with Crippen LogP contribution in [0.15, 0.2) is 38.4 Å². The summed E-state index contributed by atoms with van der Waals surface area (Å²) < 4.78 is 5.30. The van der Waals surface area contributed by atoms with Crippen LogP contribution in [0.4, 0.5) is 17.4 Å². The normalized spacial score (nSPS) is 19.8. The molecule has 1 aromatic carbocycles. The van der Waals surface area contributed by atoms with Gasteiger partial charge in [0.2, 0.25) is 11.8 Å². The predicted octanol–water partition coefficient (Wildman–Crippen LogP) is 0.703. The third-order valence-electron chi connectivity index (χ3n) is 4.71. The number of para-hydroxylation sites is 1. The quantitative estimate of drug-likeness (QED) is 0.477. The van der Waals surface area contributed by atoms with Crippen molar-refractivity contribution < 1.29 is 9.32 Å². The van der Waals surface area contributed by atoms with E-state index >= 15 is 0 Å². The van der Waals surface area contributed by atoms with Crippen LogP contribution in [-0.4, -0.2) is 21.0 Å². The average Bonchev–Trinajstić information content (AvgIpc) is 3.06. The van der Waals surface area contributed by atoms with Gasteiger partial charge in [-0.2, -0.15) is 0 Å². The second-order valence-electron chi connectivity index (χ2n) is 6.01. The van der Waals surface area contributed by atoms with Gasteiger partial charge in [-0.3, -0.25) is 19.6 Å². The van der Waals surface area contributed by atoms with Crippen molar-refractivity contribution in [2.45, 2.75) is 12.3 Å². The first kappa shape index (κ1) is 13.8. The van der Waals surface area contributed by atoms with Crippen LogP contribution < -0.4 is 21.9 Å². The molecule has 2 aliphatic heterocycles. The lowest BCUT2D eigenvalue weighted by Gasteiger charge is -2.32. The Morgan fingerprint density at radius 3 is 2.68 bits per heavy atom. The van der Waals surface area contributed by atoms with E-state index < -0.39 is 22.6 Å². The number of carbonyl (C=O) groups is 1. The SMILES string of the molecule is Cc1noc2c1C1(C(=O)Nc3ccccc31)c1c([nH]c(=O)[nH]c1=O)N2. The van der Waals surface area contributed by atoms with Crippen molar-refractivity contribution in [2.24, 2.45) is 0 Å². The van der Waals surface area contributed by atoms with Crippen LogP contribution in [0.1, 0.15) is 22.4 Å². The topological polar surface area (TPSA) is 133 Å². The fraction of sp³-hybridized carbons (Fsp3) is 0.125. The van der Waals surface area contributed by atoms with Crippen molar-refractivity contribution >= 4 is 23.3 Å². The number of hydrogen-bond acceptors (Lipinski definition) is 6. The molecule has 4 N–H and O–H groups in total. The Morgan fingerprint density at radius 2 is 1.84 bits per heavy atom. The molecule has 1 atom stereocenters. The van der Waals surface area contributed by atoms with Gasteiger partial charge in [-0.25, -0.2) is 4.79 Å². The third kappa shape index (κ3) is 1.47. The van der Waals surface area contributed by atoms with Gasteiger partial charge >= 0.3 is 5.69 Å². The van der Waals surface area contributed by atoms with Crippen LogP contribution in [0.2, 0.25) is 0 Å². The number of hydrogen-bond donors (Lipinski definition) is 4. The second kappa shape index (κ2) is 4.26. The summed E-state index contributed by atoms with van der Waals surface area (Å²) in [5.74, 6) is -0.0658. The Balaban J connectivity index is 2.03. The molecule has 2 aliphatic rings. The van der Waals surface area contributed by atoms with Crippen LogP contribution in [0.3, 0.4) is 0 Å². The van der Waals surface area contributed by atoms with Crippen molar-refractivity contribution in [3.05, 3.63) is 67.5 Å². The molecular weight excluding hydrogens is 326 g/mol. The van der Waals surface area contributed by atoms with E-state index in [1.54, 1.807) is 31.2 Å². The number of nitrogens with zero attached hydrogens (tertiary/aromatic N) is 1. The van der Waals surface area contributed by atoms with Gasteiger partial charge in [0.25, 0.3) is 5.56 Å². The van der Waals surface area contributed by atoms with E-state index in [0.717, 1.165) is 0 Å². The molecule has 3 aromatic rings. The monoisotopic (exact) mass is 337 g/mol. The van der Waals surface area contributed by atoms with E-state index in [1.165, 1.54) is 0 Å². The van der Waals surface area contributed by atoms with E-state index in [0.29, 0.717) is 22.5 Å². The zero-order valence-electron chi connectivity index (χ0n) is 12.9. The molecule has 5 rings (SSSR count). The fourth-order valence-corrected chi connectivity index (χ4v) is 3.83. The molecule has 9 nitrogen and oxygen atoms in total. The summed E-state index contributed by atoms with van der Waals surface area (Å²) in [6.07, 6.45) is 0. The Labute approximate surface area is 139 Å². The van der Waals surface area contributed by atoms with Gasteiger partial charge in [-0.1, -0.05) is 23.4 Å². The van der Waals surface area contributed by atoms with Gasteiger partial charge in [0, 0.05) is 11.3 Å². The summed E-state index contributed by atoms with van der Waals surface area (Å²) in [6.45, 7) is 1.70. The Kier molecular flexibility index (Phi) is 2.35. The molecule has 9 heteroatoms. The number of amides is 1. The first-order chi connectivity index (χ1) is 12.0. The Hall–Kier alpha value is -3.62. The fourth-order valence-electron chi connectivity index (χ4n) is 3.83. The molecule has 0 saturated heterocycles. The van der Waals surface area contributed by atoms with Crippen molar-refractivity contribution in [3.8, 4) is 0 Å². The summed E-state index contributed by atoms with van der Waals surface area (Å²) in [6, 6.07) is 7.10. The summed E-state index contributed by atoms with van der Waals surface area (Å²) in [4.78, 5) is 42.3. The molecule has 0 radical (unpaired) electrons. The van der Waals surface area contributed by atoms with Crippen LogP contribution in [0.5, 0.6) is 0 Å². The minimum absolute atomic E-state index is 0.105. The maximum absolute atomic E-state index is 13.2. The van der Waals surface area contributed by atoms with Crippen molar-refractivity contribution in [1.29, 1.82) is 0 Å². The van der Waals surface area contributed by atoms with Crippen molar-refractivity contribution in [3.63, 3.8) is 0 Å². The Bertz CT molecular complexity index is 1190. The van der Waals surface area contributed by atoms with Crippen LogP contribution >= 0.6 is 0 Å². The number of aromatic nitrogens is 3. The first-order valence-corrected chi connectivity index (χ1v) is 7.55. The molecule has 25 heavy (non-hydrogen) atoms. The maximum Gasteiger partial charge on any atom is 0.327 e. The highest BCUT2D eigenvalue weighted by Gasteiger charge is 2.58. The van der Waals surface area contributed by atoms with Crippen LogP contribution in [-0.2, 0) is 10.2 Å². The van der Waals surface area contributed by atoms with Gasteiger partial charge in [-0.05, 0) is 13.0 Å². The summed E-state index contributed by atoms with van der Waals surface area (Å²) in [5, 5.41) is 9.62. The van der Waals surface area contributed by atoms with Crippen LogP contribution in [0.25, 0.3) is 0 Å². The number of carbonyl (C=O) groups excluding carboxylic acids is 1. The second-order valence-corrected chi connectivity index (χ2v) is 6.01. The highest BCUT2D eigenvalue weighted by atomic mass is 16.5. The van der Waals surface area contributed by atoms with Gasteiger partial charge in [0.15, 0.2) is 0 Å². The van der Waals surface area contributed by atoms with Gasteiger partial charge in [-0.15, -0.1) is 0 Å². The summed E-state index contributed by atoms with van der Waals surface area (Å²) in [7, 11) is 0. The summed E-state index contributed by atoms with van der Waals surface area (Å²) >= 11 is 0. The minimum atomic E-state index is -1.45. The van der Waals surface area contributed by atoms with Gasteiger partial charge in [0.05, 0.1) is 16.8 Å². The molecule has 0 saturated carbocycles. The molecule has 0 bridgehead atoms. The van der Waals surface area contributed by atoms with Crippen molar-refractivity contribution in [2.75, 3.05) is 10.6 Å². The van der Waals surface area contributed by atoms with Crippen LogP contribution in [0, 0.1) is 6.92 Å². The molecule has 1 unspecified atom stereocenters. The number of aryl methyl sites for hydroxylation is 1. The number of rotatable bonds is 0. The van der Waals surface area contributed by atoms with E-state index in [1.807, 2.05) is 0 Å². The first-order valence-electron chi connectivity index (χ1n) is 7.55. The smallest absolute Gasteiger partial charge is 0.327 e. The molecule has 1 amide bonds. The minimum Gasteiger partial charge on any atom is -0.338 e. The summed E-state index contributed by atoms with van der Waals surface area (Å²) in [5.41, 5.74) is -0.541. The molecule has 4 heterocycles. The number of H-pyrrole nitrogens is 2. The molecule has 0 aliphatic carbocycles. The standard InChI is InChI=1S/C16H11N5O4/c1-6-9-13(25-21-6)18-11-10(12(22)20-15(24)19-11)16(9)7-4-2-3-5-8(7)17-14(16)23/h2-5H,1H3,(H,17,23)(H3,18,19,20,22,24). The van der Waals surface area contributed by atoms with E-state index in [-0.39, 0.29) is 17.3 Å². The number of aromatic amines is 2. The molecule has 0 fully saturated rings. The zero-order valence-corrected chi connectivity index (χ0v) is 12.9. The van der Waals surface area contributed by atoms with Crippen molar-refractivity contribution in [1.82, 2.24) is 15.1 Å². The largest absolute Gasteiger partial charge is 0.338 e. The number of nitrogens with one attached hydrogen (secondary N) is 4. The highest BCUT2D eigenvalue weighted by molar-refractivity contribution is 6.13. The number of anilines is 3. The van der Waals surface area contributed by atoms with E-state index in [9.17, 15) is 14.4 Å². The number of fused-ring (bicyclic) bond motifs is 6.